The van der Waals surface area contributed by atoms with Gasteiger partial charge >= 0.3 is 0 Å². The van der Waals surface area contributed by atoms with E-state index < -0.39 is 0 Å². The Balaban J connectivity index is 1.74. The van der Waals surface area contributed by atoms with Crippen molar-refractivity contribution in [1.82, 2.24) is 15.1 Å². The standard InChI is InChI=1S/C12H23N3/c1-2-7-14-8-3-12(4-9-14)15-10-5-13-6-11-15/h2,12-13H,1,3-11H2. The van der Waals surface area contributed by atoms with Crippen LogP contribution in [0.4, 0.5) is 0 Å². The smallest absolute Gasteiger partial charge is 0.0160 e. The molecule has 2 aliphatic heterocycles. The molecule has 0 spiro atoms. The summed E-state index contributed by atoms with van der Waals surface area (Å²) in [5.41, 5.74) is 0. The van der Waals surface area contributed by atoms with Gasteiger partial charge in [0.05, 0.1) is 0 Å². The van der Waals surface area contributed by atoms with E-state index in [9.17, 15) is 0 Å². The van der Waals surface area contributed by atoms with E-state index in [4.69, 9.17) is 0 Å². The van der Waals surface area contributed by atoms with Gasteiger partial charge in [-0.05, 0) is 25.9 Å². The molecule has 15 heavy (non-hydrogen) atoms. The molecule has 86 valence electrons. The van der Waals surface area contributed by atoms with E-state index in [-0.39, 0.29) is 0 Å². The first-order valence-electron chi connectivity index (χ1n) is 6.18. The lowest BCUT2D eigenvalue weighted by Crippen LogP contribution is -2.51. The average molecular weight is 209 g/mol. The minimum Gasteiger partial charge on any atom is -0.314 e. The van der Waals surface area contributed by atoms with Crippen LogP contribution in [0.2, 0.25) is 0 Å². The van der Waals surface area contributed by atoms with Gasteiger partial charge in [-0.15, -0.1) is 6.58 Å². The predicted molar refractivity (Wildman–Crippen MR) is 64.1 cm³/mol. The summed E-state index contributed by atoms with van der Waals surface area (Å²) >= 11 is 0. The molecule has 0 radical (unpaired) electrons. The highest BCUT2D eigenvalue weighted by atomic mass is 15.2. The molecule has 0 aromatic carbocycles. The molecule has 0 aromatic heterocycles. The second-order valence-corrected chi connectivity index (χ2v) is 4.61. The highest BCUT2D eigenvalue weighted by Crippen LogP contribution is 2.16. The summed E-state index contributed by atoms with van der Waals surface area (Å²) in [6.07, 6.45) is 4.70. The molecule has 2 heterocycles. The lowest BCUT2D eigenvalue weighted by Gasteiger charge is -2.40. The number of piperidine rings is 1. The van der Waals surface area contributed by atoms with E-state index in [1.54, 1.807) is 0 Å². The van der Waals surface area contributed by atoms with E-state index in [0.717, 1.165) is 12.6 Å². The summed E-state index contributed by atoms with van der Waals surface area (Å²) in [5.74, 6) is 0. The maximum Gasteiger partial charge on any atom is 0.0160 e. The van der Waals surface area contributed by atoms with Crippen molar-refractivity contribution in [2.75, 3.05) is 45.8 Å². The van der Waals surface area contributed by atoms with E-state index in [1.165, 1.54) is 52.1 Å². The molecule has 2 fully saturated rings. The molecule has 2 saturated heterocycles. The van der Waals surface area contributed by atoms with Crippen LogP contribution in [0.3, 0.4) is 0 Å². The third-order valence-corrected chi connectivity index (χ3v) is 3.61. The third kappa shape index (κ3) is 3.03. The predicted octanol–water partition coefficient (Wildman–Crippen LogP) is 0.542. The molecule has 0 aliphatic carbocycles. The maximum atomic E-state index is 3.80. The van der Waals surface area contributed by atoms with Crippen LogP contribution in [0, 0.1) is 0 Å². The molecule has 1 N–H and O–H groups in total. The van der Waals surface area contributed by atoms with Crippen molar-refractivity contribution < 1.29 is 0 Å². The number of likely N-dealkylation sites (tertiary alicyclic amines) is 1. The van der Waals surface area contributed by atoms with E-state index in [2.05, 4.69) is 21.7 Å². The SMILES string of the molecule is C=CCN1CCC(N2CCNCC2)CC1. The fraction of sp³-hybridized carbons (Fsp3) is 0.833. The molecular formula is C12H23N3. The second-order valence-electron chi connectivity index (χ2n) is 4.61. The largest absolute Gasteiger partial charge is 0.314 e. The zero-order chi connectivity index (χ0) is 10.5. The van der Waals surface area contributed by atoms with Crippen molar-refractivity contribution in [3.63, 3.8) is 0 Å². The fourth-order valence-electron chi connectivity index (χ4n) is 2.70. The summed E-state index contributed by atoms with van der Waals surface area (Å²) in [5, 5.41) is 3.42. The van der Waals surface area contributed by atoms with Crippen LogP contribution in [0.25, 0.3) is 0 Å². The van der Waals surface area contributed by atoms with Crippen LogP contribution < -0.4 is 5.32 Å². The van der Waals surface area contributed by atoms with Crippen molar-refractivity contribution in [1.29, 1.82) is 0 Å². The zero-order valence-electron chi connectivity index (χ0n) is 9.62. The molecular weight excluding hydrogens is 186 g/mol. The van der Waals surface area contributed by atoms with Gasteiger partial charge in [-0.3, -0.25) is 9.80 Å². The van der Waals surface area contributed by atoms with Gasteiger partial charge in [0.15, 0.2) is 0 Å². The lowest BCUT2D eigenvalue weighted by molar-refractivity contribution is 0.103. The first-order chi connectivity index (χ1) is 7.40. The number of hydrogen-bond acceptors (Lipinski definition) is 3. The first kappa shape index (κ1) is 11.1. The van der Waals surface area contributed by atoms with Gasteiger partial charge in [0.25, 0.3) is 0 Å². The Morgan fingerprint density at radius 2 is 1.80 bits per heavy atom. The van der Waals surface area contributed by atoms with Gasteiger partial charge in [-0.2, -0.15) is 0 Å². The first-order valence-corrected chi connectivity index (χ1v) is 6.18. The van der Waals surface area contributed by atoms with Gasteiger partial charge in [0.2, 0.25) is 0 Å². The molecule has 0 atom stereocenters. The number of nitrogens with one attached hydrogen (secondary N) is 1. The number of nitrogens with zero attached hydrogens (tertiary/aromatic N) is 2. The maximum absolute atomic E-state index is 3.80. The Labute approximate surface area is 93.1 Å². The van der Waals surface area contributed by atoms with E-state index in [0.29, 0.717) is 0 Å². The fourth-order valence-corrected chi connectivity index (χ4v) is 2.70. The van der Waals surface area contributed by atoms with Gasteiger partial charge in [0, 0.05) is 38.8 Å². The quantitative estimate of drug-likeness (QED) is 0.685. The summed E-state index contributed by atoms with van der Waals surface area (Å²) in [6.45, 7) is 12.2. The normalized spacial score (nSPS) is 26.7. The van der Waals surface area contributed by atoms with Crippen LogP contribution in [-0.4, -0.2) is 61.7 Å². The van der Waals surface area contributed by atoms with Crippen molar-refractivity contribution in [3.8, 4) is 0 Å². The highest BCUT2D eigenvalue weighted by molar-refractivity contribution is 4.84. The molecule has 0 amide bonds. The van der Waals surface area contributed by atoms with Crippen LogP contribution in [0.1, 0.15) is 12.8 Å². The molecule has 3 heteroatoms. The van der Waals surface area contributed by atoms with E-state index in [1.807, 2.05) is 6.08 Å². The van der Waals surface area contributed by atoms with Gasteiger partial charge in [-0.1, -0.05) is 6.08 Å². The number of piperazine rings is 1. The summed E-state index contributed by atoms with van der Waals surface area (Å²) in [7, 11) is 0. The molecule has 0 aromatic rings. The van der Waals surface area contributed by atoms with Crippen molar-refractivity contribution in [2.24, 2.45) is 0 Å². The van der Waals surface area contributed by atoms with Gasteiger partial charge < -0.3 is 5.32 Å². The zero-order valence-corrected chi connectivity index (χ0v) is 9.62. The monoisotopic (exact) mass is 209 g/mol. The van der Waals surface area contributed by atoms with Crippen molar-refractivity contribution in [2.45, 2.75) is 18.9 Å². The Kier molecular flexibility index (Phi) is 4.18. The molecule has 3 nitrogen and oxygen atoms in total. The van der Waals surface area contributed by atoms with Crippen LogP contribution in [-0.2, 0) is 0 Å². The molecule has 0 unspecified atom stereocenters. The Hall–Kier alpha value is -0.380. The minimum absolute atomic E-state index is 0.841. The molecule has 0 bridgehead atoms. The van der Waals surface area contributed by atoms with Crippen molar-refractivity contribution in [3.05, 3.63) is 12.7 Å². The molecule has 2 rings (SSSR count). The average Bonchev–Trinajstić information content (AvgIpc) is 2.32. The van der Waals surface area contributed by atoms with Crippen LogP contribution in [0.15, 0.2) is 12.7 Å². The highest BCUT2D eigenvalue weighted by Gasteiger charge is 2.24. The van der Waals surface area contributed by atoms with Crippen LogP contribution in [0.5, 0.6) is 0 Å². The second kappa shape index (κ2) is 5.64. The Morgan fingerprint density at radius 3 is 2.40 bits per heavy atom. The summed E-state index contributed by atoms with van der Waals surface area (Å²) in [6, 6.07) is 0.841. The van der Waals surface area contributed by atoms with Crippen molar-refractivity contribution >= 4 is 0 Å². The van der Waals surface area contributed by atoms with Gasteiger partial charge in [0.1, 0.15) is 0 Å². The van der Waals surface area contributed by atoms with E-state index >= 15 is 0 Å². The van der Waals surface area contributed by atoms with Gasteiger partial charge in [-0.25, -0.2) is 0 Å². The number of hydrogen-bond donors (Lipinski definition) is 1. The summed E-state index contributed by atoms with van der Waals surface area (Å²) < 4.78 is 0. The Bertz CT molecular complexity index is 191. The minimum atomic E-state index is 0.841. The number of rotatable bonds is 3. The lowest BCUT2D eigenvalue weighted by atomic mass is 10.0. The molecule has 0 saturated carbocycles. The topological polar surface area (TPSA) is 18.5 Å². The summed E-state index contributed by atoms with van der Waals surface area (Å²) in [4.78, 5) is 5.17. The third-order valence-electron chi connectivity index (χ3n) is 3.61. The Morgan fingerprint density at radius 1 is 1.13 bits per heavy atom. The molecule has 2 aliphatic rings. The van der Waals surface area contributed by atoms with Crippen LogP contribution >= 0.6 is 0 Å².